The summed E-state index contributed by atoms with van der Waals surface area (Å²) >= 11 is 0. The predicted octanol–water partition coefficient (Wildman–Crippen LogP) is 2.37. The Labute approximate surface area is 110 Å². The lowest BCUT2D eigenvalue weighted by Gasteiger charge is -2.04. The molecule has 0 spiro atoms. The van der Waals surface area contributed by atoms with Gasteiger partial charge in [-0.3, -0.25) is 0 Å². The van der Waals surface area contributed by atoms with Gasteiger partial charge in [0.2, 0.25) is 5.95 Å². The Morgan fingerprint density at radius 3 is 3.05 bits per heavy atom. The summed E-state index contributed by atoms with van der Waals surface area (Å²) in [5, 5.41) is 7.65. The first kappa shape index (κ1) is 10.5. The Hall–Kier alpha value is -2.43. The molecule has 19 heavy (non-hydrogen) atoms. The van der Waals surface area contributed by atoms with Crippen LogP contribution in [0.4, 0.5) is 5.95 Å². The Morgan fingerprint density at radius 1 is 1.21 bits per heavy atom. The third-order valence-electron chi connectivity index (χ3n) is 3.27. The summed E-state index contributed by atoms with van der Waals surface area (Å²) in [7, 11) is 0. The molecule has 5 heteroatoms. The number of rotatable bonds is 3. The summed E-state index contributed by atoms with van der Waals surface area (Å²) in [4.78, 5) is 8.83. The van der Waals surface area contributed by atoms with Gasteiger partial charge in [-0.25, -0.2) is 14.5 Å². The zero-order valence-corrected chi connectivity index (χ0v) is 10.3. The van der Waals surface area contributed by atoms with Gasteiger partial charge < -0.3 is 5.32 Å². The molecule has 3 aromatic heterocycles. The van der Waals surface area contributed by atoms with Gasteiger partial charge in [-0.2, -0.15) is 5.10 Å². The van der Waals surface area contributed by atoms with Crippen molar-refractivity contribution in [3.63, 3.8) is 0 Å². The average molecular weight is 251 g/mol. The van der Waals surface area contributed by atoms with E-state index >= 15 is 0 Å². The summed E-state index contributed by atoms with van der Waals surface area (Å²) in [5.74, 6) is 0.704. The molecule has 3 aromatic rings. The Kier molecular flexibility index (Phi) is 2.24. The van der Waals surface area contributed by atoms with Gasteiger partial charge in [0, 0.05) is 24.0 Å². The van der Waals surface area contributed by atoms with Gasteiger partial charge in [-0.05, 0) is 31.0 Å². The molecule has 3 heterocycles. The summed E-state index contributed by atoms with van der Waals surface area (Å²) < 4.78 is 1.85. The second-order valence-corrected chi connectivity index (χ2v) is 4.77. The van der Waals surface area contributed by atoms with Gasteiger partial charge in [0.1, 0.15) is 0 Å². The molecule has 1 fully saturated rings. The average Bonchev–Trinajstić information content (AvgIpc) is 3.16. The van der Waals surface area contributed by atoms with Crippen molar-refractivity contribution >= 4 is 11.5 Å². The summed E-state index contributed by atoms with van der Waals surface area (Å²) in [5.41, 5.74) is 2.99. The number of anilines is 1. The van der Waals surface area contributed by atoms with Crippen LogP contribution in [-0.4, -0.2) is 25.6 Å². The van der Waals surface area contributed by atoms with Gasteiger partial charge >= 0.3 is 0 Å². The fourth-order valence-corrected chi connectivity index (χ4v) is 2.12. The smallest absolute Gasteiger partial charge is 0.223 e. The summed E-state index contributed by atoms with van der Waals surface area (Å²) in [6.45, 7) is 0. The molecule has 0 saturated heterocycles. The van der Waals surface area contributed by atoms with Crippen LogP contribution in [0.5, 0.6) is 0 Å². The first-order valence-corrected chi connectivity index (χ1v) is 6.42. The molecular formula is C14H13N5. The second kappa shape index (κ2) is 4.05. The van der Waals surface area contributed by atoms with Gasteiger partial charge in [-0.1, -0.05) is 6.07 Å². The number of nitrogens with zero attached hydrogens (tertiary/aromatic N) is 4. The number of hydrogen-bond acceptors (Lipinski definition) is 4. The van der Waals surface area contributed by atoms with Crippen molar-refractivity contribution in [3.8, 4) is 11.3 Å². The summed E-state index contributed by atoms with van der Waals surface area (Å²) in [6, 6.07) is 8.48. The van der Waals surface area contributed by atoms with Crippen LogP contribution >= 0.6 is 0 Å². The molecule has 0 aliphatic heterocycles. The number of hydrogen-bond donors (Lipinski definition) is 1. The maximum absolute atomic E-state index is 4.57. The molecule has 94 valence electrons. The Morgan fingerprint density at radius 2 is 2.16 bits per heavy atom. The third-order valence-corrected chi connectivity index (χ3v) is 3.27. The third kappa shape index (κ3) is 1.93. The lowest BCUT2D eigenvalue weighted by atomic mass is 10.2. The van der Waals surface area contributed by atoms with Crippen LogP contribution in [0.25, 0.3) is 16.8 Å². The topological polar surface area (TPSA) is 55.1 Å². The maximum atomic E-state index is 4.57. The zero-order valence-electron chi connectivity index (χ0n) is 10.3. The number of nitrogens with one attached hydrogen (secondary N) is 1. The maximum Gasteiger partial charge on any atom is 0.223 e. The van der Waals surface area contributed by atoms with Crippen LogP contribution < -0.4 is 5.32 Å². The number of aromatic nitrogens is 4. The molecule has 0 bridgehead atoms. The van der Waals surface area contributed by atoms with E-state index in [0.717, 1.165) is 16.8 Å². The van der Waals surface area contributed by atoms with E-state index in [4.69, 9.17) is 0 Å². The van der Waals surface area contributed by atoms with E-state index in [1.807, 2.05) is 41.2 Å². The lowest BCUT2D eigenvalue weighted by molar-refractivity contribution is 0.961. The predicted molar refractivity (Wildman–Crippen MR) is 72.9 cm³/mol. The Bertz CT molecular complexity index is 729. The highest BCUT2D eigenvalue weighted by Crippen LogP contribution is 2.25. The fraction of sp³-hybridized carbons (Fsp3) is 0.214. The molecule has 1 aliphatic rings. The minimum Gasteiger partial charge on any atom is -0.351 e. The summed E-state index contributed by atoms with van der Waals surface area (Å²) in [6.07, 6.45) is 8.00. The van der Waals surface area contributed by atoms with Gasteiger partial charge in [0.05, 0.1) is 17.4 Å². The molecule has 1 saturated carbocycles. The largest absolute Gasteiger partial charge is 0.351 e. The molecule has 0 amide bonds. The van der Waals surface area contributed by atoms with Crippen LogP contribution in [0.2, 0.25) is 0 Å². The first-order chi connectivity index (χ1) is 9.40. The monoisotopic (exact) mass is 251 g/mol. The van der Waals surface area contributed by atoms with E-state index in [0.29, 0.717) is 12.0 Å². The highest BCUT2D eigenvalue weighted by molar-refractivity contribution is 5.77. The van der Waals surface area contributed by atoms with Crippen molar-refractivity contribution in [2.75, 3.05) is 5.32 Å². The molecule has 1 N–H and O–H groups in total. The standard InChI is InChI=1S/C14H13N5/c1-2-8-19-13(3-1)11(9-16-19)12-6-7-15-14(18-12)17-10-4-5-10/h1-3,6-10H,4-5H2,(H,15,17,18). The molecule has 0 unspecified atom stereocenters. The lowest BCUT2D eigenvalue weighted by Crippen LogP contribution is -2.05. The second-order valence-electron chi connectivity index (χ2n) is 4.77. The van der Waals surface area contributed by atoms with Crippen molar-refractivity contribution in [1.82, 2.24) is 19.6 Å². The van der Waals surface area contributed by atoms with E-state index in [9.17, 15) is 0 Å². The van der Waals surface area contributed by atoms with Gasteiger partial charge in [-0.15, -0.1) is 0 Å². The molecule has 0 aromatic carbocycles. The van der Waals surface area contributed by atoms with Crippen LogP contribution in [0.15, 0.2) is 42.9 Å². The minimum atomic E-state index is 0.555. The molecule has 5 nitrogen and oxygen atoms in total. The molecular weight excluding hydrogens is 238 g/mol. The van der Waals surface area contributed by atoms with E-state index in [1.165, 1.54) is 12.8 Å². The van der Waals surface area contributed by atoms with E-state index in [2.05, 4.69) is 20.4 Å². The van der Waals surface area contributed by atoms with Crippen molar-refractivity contribution in [3.05, 3.63) is 42.9 Å². The zero-order chi connectivity index (χ0) is 12.7. The van der Waals surface area contributed by atoms with Crippen molar-refractivity contribution in [2.45, 2.75) is 18.9 Å². The van der Waals surface area contributed by atoms with Crippen molar-refractivity contribution < 1.29 is 0 Å². The fourth-order valence-electron chi connectivity index (χ4n) is 2.12. The highest BCUT2D eigenvalue weighted by Gasteiger charge is 2.22. The van der Waals surface area contributed by atoms with Crippen LogP contribution in [-0.2, 0) is 0 Å². The molecule has 0 radical (unpaired) electrons. The van der Waals surface area contributed by atoms with Gasteiger partial charge in [0.15, 0.2) is 0 Å². The first-order valence-electron chi connectivity index (χ1n) is 6.42. The SMILES string of the molecule is c1ccn2ncc(-c3ccnc(NC4CC4)n3)c2c1. The quantitative estimate of drug-likeness (QED) is 0.776. The normalized spacial score (nSPS) is 14.7. The minimum absolute atomic E-state index is 0.555. The van der Waals surface area contributed by atoms with Crippen LogP contribution in [0.1, 0.15) is 12.8 Å². The van der Waals surface area contributed by atoms with Crippen molar-refractivity contribution in [1.29, 1.82) is 0 Å². The van der Waals surface area contributed by atoms with Crippen LogP contribution in [0, 0.1) is 0 Å². The molecule has 0 atom stereocenters. The van der Waals surface area contributed by atoms with Gasteiger partial charge in [0.25, 0.3) is 0 Å². The van der Waals surface area contributed by atoms with Crippen LogP contribution in [0.3, 0.4) is 0 Å². The number of pyridine rings is 1. The molecule has 1 aliphatic carbocycles. The van der Waals surface area contributed by atoms with E-state index in [1.54, 1.807) is 6.20 Å². The van der Waals surface area contributed by atoms with E-state index in [-0.39, 0.29) is 0 Å². The number of fused-ring (bicyclic) bond motifs is 1. The highest BCUT2D eigenvalue weighted by atomic mass is 15.2. The van der Waals surface area contributed by atoms with Crippen molar-refractivity contribution in [2.24, 2.45) is 0 Å². The Balaban J connectivity index is 1.78. The van der Waals surface area contributed by atoms with E-state index < -0.39 is 0 Å². The molecule has 4 rings (SSSR count).